The molecule has 0 spiro atoms. The Kier molecular flexibility index (Phi) is 6.84. The van der Waals surface area contributed by atoms with Gasteiger partial charge in [-0.3, -0.25) is 0 Å². The minimum atomic E-state index is -0.168. The minimum absolute atomic E-state index is 0.133. The van der Waals surface area contributed by atoms with Crippen LogP contribution < -0.4 is 20.3 Å². The molecule has 2 amide bonds. The van der Waals surface area contributed by atoms with Crippen LogP contribution in [0.3, 0.4) is 0 Å². The first kappa shape index (κ1) is 22.4. The molecule has 0 saturated carbocycles. The number of urea groups is 1. The largest absolute Gasteiger partial charge is 0.457 e. The normalized spacial score (nSPS) is 13.8. The van der Waals surface area contributed by atoms with Gasteiger partial charge in [0.05, 0.1) is 5.69 Å². The quantitative estimate of drug-likeness (QED) is 0.380. The third-order valence-electron chi connectivity index (χ3n) is 5.97. The van der Waals surface area contributed by atoms with Crippen molar-refractivity contribution in [1.29, 1.82) is 0 Å². The van der Waals surface area contributed by atoms with Crippen molar-refractivity contribution in [2.45, 2.75) is 18.9 Å². The number of rotatable bonds is 6. The van der Waals surface area contributed by atoms with Gasteiger partial charge in [-0.15, -0.1) is 0 Å². The molecule has 4 aromatic rings. The number of anilines is 2. The molecule has 0 unspecified atom stereocenters. The van der Waals surface area contributed by atoms with Crippen molar-refractivity contribution in [2.24, 2.45) is 0 Å². The summed E-state index contributed by atoms with van der Waals surface area (Å²) >= 11 is 0. The van der Waals surface area contributed by atoms with Crippen molar-refractivity contribution >= 4 is 17.5 Å². The Hall–Kier alpha value is -4.39. The Labute approximate surface area is 204 Å². The van der Waals surface area contributed by atoms with Gasteiger partial charge in [0, 0.05) is 36.4 Å². The molecule has 3 aromatic carbocycles. The topological polar surface area (TPSA) is 79.4 Å². The molecule has 0 aliphatic carbocycles. The molecule has 0 radical (unpaired) electrons. The first-order chi connectivity index (χ1) is 17.2. The Morgan fingerprint density at radius 2 is 1.49 bits per heavy atom. The average Bonchev–Trinajstić information content (AvgIpc) is 2.91. The molecule has 1 fully saturated rings. The second kappa shape index (κ2) is 10.7. The molecule has 0 atom stereocenters. The van der Waals surface area contributed by atoms with Gasteiger partial charge in [0.1, 0.15) is 23.6 Å². The van der Waals surface area contributed by atoms with E-state index >= 15 is 0 Å². The van der Waals surface area contributed by atoms with E-state index in [1.54, 1.807) is 6.33 Å². The number of nitrogens with one attached hydrogen (secondary N) is 2. The fourth-order valence-corrected chi connectivity index (χ4v) is 4.12. The molecular weight excluding hydrogens is 438 g/mol. The summed E-state index contributed by atoms with van der Waals surface area (Å²) in [5.41, 5.74) is 2.66. The van der Waals surface area contributed by atoms with Gasteiger partial charge in [0.15, 0.2) is 0 Å². The maximum atomic E-state index is 12.3. The lowest BCUT2D eigenvalue weighted by Crippen LogP contribution is -2.46. The van der Waals surface area contributed by atoms with Crippen LogP contribution in [0.5, 0.6) is 11.5 Å². The molecule has 1 aliphatic rings. The summed E-state index contributed by atoms with van der Waals surface area (Å²) in [6, 6.07) is 29.1. The lowest BCUT2D eigenvalue weighted by atomic mass is 10.0. The summed E-state index contributed by atoms with van der Waals surface area (Å²) in [7, 11) is 0. The number of benzene rings is 3. The van der Waals surface area contributed by atoms with Crippen molar-refractivity contribution in [3.05, 3.63) is 97.3 Å². The molecule has 1 aliphatic heterocycles. The standard InChI is InChI=1S/C28H27N5O2/c34-28(31-22-7-3-1-4-8-22)32-23-15-17-33(18-16-23)27-19-26(29-20-30-27)21-11-13-25(14-12-21)35-24-9-5-2-6-10-24/h1-14,19-20,23H,15-18H2,(H2,31,32,34). The number of para-hydroxylation sites is 2. The number of carbonyl (C=O) groups excluding carboxylic acids is 1. The first-order valence-corrected chi connectivity index (χ1v) is 11.8. The third-order valence-corrected chi connectivity index (χ3v) is 5.97. The fourth-order valence-electron chi connectivity index (χ4n) is 4.12. The number of ether oxygens (including phenoxy) is 1. The van der Waals surface area contributed by atoms with Gasteiger partial charge in [-0.1, -0.05) is 36.4 Å². The van der Waals surface area contributed by atoms with Gasteiger partial charge in [-0.05, 0) is 61.4 Å². The van der Waals surface area contributed by atoms with Crippen molar-refractivity contribution in [3.8, 4) is 22.8 Å². The number of piperidine rings is 1. The Morgan fingerprint density at radius 3 is 2.20 bits per heavy atom. The molecule has 0 bridgehead atoms. The number of nitrogens with zero attached hydrogens (tertiary/aromatic N) is 3. The molecule has 35 heavy (non-hydrogen) atoms. The fraction of sp³-hybridized carbons (Fsp3) is 0.179. The lowest BCUT2D eigenvalue weighted by molar-refractivity contribution is 0.246. The van der Waals surface area contributed by atoms with E-state index < -0.39 is 0 Å². The van der Waals surface area contributed by atoms with Crippen LogP contribution in [0.4, 0.5) is 16.3 Å². The molecule has 176 valence electrons. The van der Waals surface area contributed by atoms with E-state index in [0.717, 1.165) is 60.2 Å². The Morgan fingerprint density at radius 1 is 0.829 bits per heavy atom. The van der Waals surface area contributed by atoms with E-state index in [2.05, 4.69) is 25.5 Å². The van der Waals surface area contributed by atoms with Crippen LogP contribution >= 0.6 is 0 Å². The molecule has 1 aromatic heterocycles. The Bertz CT molecular complexity index is 1240. The number of hydrogen-bond donors (Lipinski definition) is 2. The molecule has 7 nitrogen and oxygen atoms in total. The van der Waals surface area contributed by atoms with Crippen LogP contribution in [0.25, 0.3) is 11.3 Å². The molecule has 5 rings (SSSR count). The highest BCUT2D eigenvalue weighted by atomic mass is 16.5. The van der Waals surface area contributed by atoms with Crippen LogP contribution in [0.1, 0.15) is 12.8 Å². The summed E-state index contributed by atoms with van der Waals surface area (Å²) < 4.78 is 5.88. The molecule has 7 heteroatoms. The predicted octanol–water partition coefficient (Wildman–Crippen LogP) is 5.73. The van der Waals surface area contributed by atoms with Crippen molar-refractivity contribution < 1.29 is 9.53 Å². The van der Waals surface area contributed by atoms with Crippen molar-refractivity contribution in [3.63, 3.8) is 0 Å². The zero-order valence-corrected chi connectivity index (χ0v) is 19.3. The lowest BCUT2D eigenvalue weighted by Gasteiger charge is -2.33. The Balaban J connectivity index is 1.16. The number of carbonyl (C=O) groups is 1. The van der Waals surface area contributed by atoms with E-state index in [1.165, 1.54) is 0 Å². The number of hydrogen-bond acceptors (Lipinski definition) is 5. The maximum Gasteiger partial charge on any atom is 0.319 e. The van der Waals surface area contributed by atoms with Crippen LogP contribution in [0, 0.1) is 0 Å². The highest BCUT2D eigenvalue weighted by molar-refractivity contribution is 5.89. The average molecular weight is 466 g/mol. The second-order valence-electron chi connectivity index (χ2n) is 8.43. The predicted molar refractivity (Wildman–Crippen MR) is 138 cm³/mol. The van der Waals surface area contributed by atoms with Crippen LogP contribution in [-0.4, -0.2) is 35.1 Å². The van der Waals surface area contributed by atoms with E-state index in [-0.39, 0.29) is 12.1 Å². The highest BCUT2D eigenvalue weighted by Gasteiger charge is 2.22. The summed E-state index contributed by atoms with van der Waals surface area (Å²) in [5.74, 6) is 2.48. The summed E-state index contributed by atoms with van der Waals surface area (Å²) in [6.07, 6.45) is 3.32. The highest BCUT2D eigenvalue weighted by Crippen LogP contribution is 2.27. The molecular formula is C28H27N5O2. The van der Waals surface area contributed by atoms with Crippen LogP contribution in [0.15, 0.2) is 97.3 Å². The third kappa shape index (κ3) is 5.95. The summed E-state index contributed by atoms with van der Waals surface area (Å²) in [4.78, 5) is 23.5. The zero-order chi connectivity index (χ0) is 23.9. The zero-order valence-electron chi connectivity index (χ0n) is 19.3. The van der Waals surface area contributed by atoms with E-state index in [4.69, 9.17) is 4.74 Å². The molecule has 1 saturated heterocycles. The van der Waals surface area contributed by atoms with Gasteiger partial charge >= 0.3 is 6.03 Å². The molecule has 2 heterocycles. The van der Waals surface area contributed by atoms with E-state index in [0.29, 0.717) is 0 Å². The summed E-state index contributed by atoms with van der Waals surface area (Å²) in [6.45, 7) is 1.63. The number of aromatic nitrogens is 2. The van der Waals surface area contributed by atoms with Gasteiger partial charge < -0.3 is 20.3 Å². The second-order valence-corrected chi connectivity index (χ2v) is 8.43. The maximum absolute atomic E-state index is 12.3. The van der Waals surface area contributed by atoms with Gasteiger partial charge in [0.25, 0.3) is 0 Å². The minimum Gasteiger partial charge on any atom is -0.457 e. The van der Waals surface area contributed by atoms with Gasteiger partial charge in [-0.25, -0.2) is 14.8 Å². The van der Waals surface area contributed by atoms with Crippen molar-refractivity contribution in [1.82, 2.24) is 15.3 Å². The van der Waals surface area contributed by atoms with E-state index in [9.17, 15) is 4.79 Å². The first-order valence-electron chi connectivity index (χ1n) is 11.8. The SMILES string of the molecule is O=C(Nc1ccccc1)NC1CCN(c2cc(-c3ccc(Oc4ccccc4)cc3)ncn2)CC1. The smallest absolute Gasteiger partial charge is 0.319 e. The van der Waals surface area contributed by atoms with E-state index in [1.807, 2.05) is 91.0 Å². The van der Waals surface area contributed by atoms with Crippen LogP contribution in [-0.2, 0) is 0 Å². The van der Waals surface area contributed by atoms with Gasteiger partial charge in [-0.2, -0.15) is 0 Å². The summed E-state index contributed by atoms with van der Waals surface area (Å²) in [5, 5.41) is 5.96. The number of amides is 2. The van der Waals surface area contributed by atoms with Crippen LogP contribution in [0.2, 0.25) is 0 Å². The molecule has 2 N–H and O–H groups in total. The monoisotopic (exact) mass is 465 g/mol. The van der Waals surface area contributed by atoms with Crippen molar-refractivity contribution in [2.75, 3.05) is 23.3 Å². The van der Waals surface area contributed by atoms with Gasteiger partial charge in [0.2, 0.25) is 0 Å².